The molecular weight excluding hydrogens is 454 g/mol. The first-order valence-corrected chi connectivity index (χ1v) is 11.7. The van der Waals surface area contributed by atoms with Gasteiger partial charge in [0, 0.05) is 10.8 Å². The van der Waals surface area contributed by atoms with Crippen molar-refractivity contribution in [1.82, 2.24) is 9.78 Å². The van der Waals surface area contributed by atoms with Crippen molar-refractivity contribution in [3.8, 4) is 11.4 Å². The number of thiophene rings is 1. The molecule has 4 aromatic rings. The molecule has 0 saturated heterocycles. The highest BCUT2D eigenvalue weighted by atomic mass is 32.1. The Hall–Kier alpha value is -3.98. The number of esters is 1. The summed E-state index contributed by atoms with van der Waals surface area (Å²) in [4.78, 5) is 38.7. The van der Waals surface area contributed by atoms with Gasteiger partial charge < -0.3 is 14.8 Å². The SMILES string of the molecule is CCOC(=O)c1nn(-c2ccccc2)c(=O)c2c(NC(=O)Cc3ccc(OCC)cc3)scc12. The van der Waals surface area contributed by atoms with E-state index in [1.54, 1.807) is 36.6 Å². The monoisotopic (exact) mass is 477 g/mol. The second-order valence-corrected chi connectivity index (χ2v) is 8.16. The van der Waals surface area contributed by atoms with Gasteiger partial charge in [-0.25, -0.2) is 4.79 Å². The fourth-order valence-electron chi connectivity index (χ4n) is 3.46. The van der Waals surface area contributed by atoms with E-state index < -0.39 is 11.5 Å². The Morgan fingerprint density at radius 2 is 1.76 bits per heavy atom. The van der Waals surface area contributed by atoms with E-state index in [1.165, 1.54) is 11.3 Å². The molecule has 0 unspecified atom stereocenters. The molecule has 8 nitrogen and oxygen atoms in total. The minimum Gasteiger partial charge on any atom is -0.494 e. The van der Waals surface area contributed by atoms with E-state index in [1.807, 2.05) is 37.3 Å². The summed E-state index contributed by atoms with van der Waals surface area (Å²) in [5, 5.41) is 9.66. The summed E-state index contributed by atoms with van der Waals surface area (Å²) in [5.74, 6) is -0.188. The van der Waals surface area contributed by atoms with Crippen molar-refractivity contribution in [2.24, 2.45) is 0 Å². The number of anilines is 1. The molecule has 0 fully saturated rings. The Bertz CT molecular complexity index is 1380. The average Bonchev–Trinajstić information content (AvgIpc) is 3.25. The zero-order valence-corrected chi connectivity index (χ0v) is 19.6. The standard InChI is InChI=1S/C25H23N3O5S/c1-3-32-18-12-10-16(11-13-18)14-20(29)26-23-21-19(15-34-23)22(25(31)33-4-2)27-28(24(21)30)17-8-6-5-7-9-17/h5-13,15H,3-4,14H2,1-2H3,(H,26,29). The van der Waals surface area contributed by atoms with Crippen molar-refractivity contribution < 1.29 is 19.1 Å². The van der Waals surface area contributed by atoms with Crippen molar-refractivity contribution in [2.45, 2.75) is 20.3 Å². The van der Waals surface area contributed by atoms with Gasteiger partial charge in [-0.15, -0.1) is 11.3 Å². The van der Waals surface area contributed by atoms with Crippen LogP contribution in [0.25, 0.3) is 16.5 Å². The molecule has 0 radical (unpaired) electrons. The number of hydrogen-bond donors (Lipinski definition) is 1. The van der Waals surface area contributed by atoms with E-state index in [-0.39, 0.29) is 30.0 Å². The summed E-state index contributed by atoms with van der Waals surface area (Å²) in [6, 6.07) is 16.0. The molecule has 174 valence electrons. The first kappa shape index (κ1) is 23.2. The molecule has 34 heavy (non-hydrogen) atoms. The molecule has 0 aliphatic heterocycles. The number of ether oxygens (including phenoxy) is 2. The number of aromatic nitrogens is 2. The number of nitrogens with one attached hydrogen (secondary N) is 1. The van der Waals surface area contributed by atoms with Gasteiger partial charge in [-0.1, -0.05) is 30.3 Å². The van der Waals surface area contributed by atoms with Gasteiger partial charge in [0.25, 0.3) is 5.56 Å². The summed E-state index contributed by atoms with van der Waals surface area (Å²) < 4.78 is 11.7. The maximum atomic E-state index is 13.4. The third-order valence-electron chi connectivity index (χ3n) is 4.97. The van der Waals surface area contributed by atoms with Crippen LogP contribution in [0.5, 0.6) is 5.75 Å². The van der Waals surface area contributed by atoms with Gasteiger partial charge in [0.05, 0.1) is 30.7 Å². The maximum absolute atomic E-state index is 13.4. The van der Waals surface area contributed by atoms with Crippen LogP contribution in [0.15, 0.2) is 64.8 Å². The van der Waals surface area contributed by atoms with Gasteiger partial charge in [0.1, 0.15) is 10.8 Å². The average molecular weight is 478 g/mol. The Morgan fingerprint density at radius 3 is 2.44 bits per heavy atom. The smallest absolute Gasteiger partial charge is 0.359 e. The Balaban J connectivity index is 1.70. The Labute approximate surface area is 199 Å². The van der Waals surface area contributed by atoms with E-state index in [9.17, 15) is 14.4 Å². The lowest BCUT2D eigenvalue weighted by molar-refractivity contribution is -0.115. The number of hydrogen-bond acceptors (Lipinski definition) is 7. The molecule has 2 aromatic heterocycles. The number of para-hydroxylation sites is 1. The minimum atomic E-state index is -0.637. The number of rotatable bonds is 8. The van der Waals surface area contributed by atoms with E-state index >= 15 is 0 Å². The predicted molar refractivity (Wildman–Crippen MR) is 131 cm³/mol. The normalized spacial score (nSPS) is 10.8. The van der Waals surface area contributed by atoms with Crippen molar-refractivity contribution in [1.29, 1.82) is 0 Å². The minimum absolute atomic E-state index is 0.0172. The van der Waals surface area contributed by atoms with E-state index in [0.29, 0.717) is 22.7 Å². The van der Waals surface area contributed by atoms with Crippen LogP contribution in [-0.4, -0.2) is 34.9 Å². The molecule has 1 N–H and O–H groups in total. The molecular formula is C25H23N3O5S. The Morgan fingerprint density at radius 1 is 1.03 bits per heavy atom. The van der Waals surface area contributed by atoms with Gasteiger partial charge in [-0.3, -0.25) is 9.59 Å². The largest absolute Gasteiger partial charge is 0.494 e. The number of nitrogens with zero attached hydrogens (tertiary/aromatic N) is 2. The fourth-order valence-corrected chi connectivity index (χ4v) is 4.42. The van der Waals surface area contributed by atoms with Crippen LogP contribution < -0.4 is 15.6 Å². The number of amides is 1. The highest BCUT2D eigenvalue weighted by Crippen LogP contribution is 2.31. The first-order valence-electron chi connectivity index (χ1n) is 10.8. The summed E-state index contributed by atoms with van der Waals surface area (Å²) in [6.45, 7) is 4.33. The van der Waals surface area contributed by atoms with Gasteiger partial charge in [0.15, 0.2) is 5.69 Å². The number of fused-ring (bicyclic) bond motifs is 1. The molecule has 0 saturated carbocycles. The van der Waals surface area contributed by atoms with Gasteiger partial charge in [-0.2, -0.15) is 9.78 Å². The molecule has 0 atom stereocenters. The van der Waals surface area contributed by atoms with Crippen LogP contribution in [0.4, 0.5) is 5.00 Å². The topological polar surface area (TPSA) is 99.5 Å². The van der Waals surface area contributed by atoms with Gasteiger partial charge in [0.2, 0.25) is 5.91 Å². The van der Waals surface area contributed by atoms with Crippen LogP contribution in [0.1, 0.15) is 29.9 Å². The summed E-state index contributed by atoms with van der Waals surface area (Å²) in [6.07, 6.45) is 0.120. The second kappa shape index (κ2) is 10.3. The molecule has 1 amide bonds. The van der Waals surface area contributed by atoms with Crippen molar-refractivity contribution in [3.05, 3.63) is 81.6 Å². The van der Waals surface area contributed by atoms with Crippen molar-refractivity contribution in [2.75, 3.05) is 18.5 Å². The quantitative estimate of drug-likeness (QED) is 0.382. The van der Waals surface area contributed by atoms with Crippen molar-refractivity contribution in [3.63, 3.8) is 0 Å². The number of carbonyl (C=O) groups excluding carboxylic acids is 2. The van der Waals surface area contributed by atoms with E-state index in [4.69, 9.17) is 9.47 Å². The van der Waals surface area contributed by atoms with E-state index in [2.05, 4.69) is 10.4 Å². The molecule has 0 spiro atoms. The van der Waals surface area contributed by atoms with Crippen LogP contribution in [-0.2, 0) is 16.0 Å². The Kier molecular flexibility index (Phi) is 7.03. The molecule has 9 heteroatoms. The molecule has 0 aliphatic carbocycles. The predicted octanol–water partition coefficient (Wildman–Crippen LogP) is 4.20. The first-order chi connectivity index (χ1) is 16.5. The summed E-state index contributed by atoms with van der Waals surface area (Å²) in [5.41, 5.74) is 0.880. The third kappa shape index (κ3) is 4.84. The van der Waals surface area contributed by atoms with Crippen LogP contribution in [0.2, 0.25) is 0 Å². The van der Waals surface area contributed by atoms with Crippen molar-refractivity contribution >= 4 is 39.0 Å². The summed E-state index contributed by atoms with van der Waals surface area (Å²) in [7, 11) is 0. The maximum Gasteiger partial charge on any atom is 0.359 e. The van der Waals surface area contributed by atoms with Crippen LogP contribution in [0.3, 0.4) is 0 Å². The van der Waals surface area contributed by atoms with Gasteiger partial charge >= 0.3 is 5.97 Å². The molecule has 4 rings (SSSR count). The third-order valence-corrected chi connectivity index (χ3v) is 5.87. The molecule has 0 bridgehead atoms. The highest BCUT2D eigenvalue weighted by molar-refractivity contribution is 7.16. The second-order valence-electron chi connectivity index (χ2n) is 7.28. The zero-order chi connectivity index (χ0) is 24.1. The molecule has 0 aliphatic rings. The highest BCUT2D eigenvalue weighted by Gasteiger charge is 2.23. The lowest BCUT2D eigenvalue weighted by atomic mass is 10.1. The lowest BCUT2D eigenvalue weighted by Crippen LogP contribution is -2.25. The summed E-state index contributed by atoms with van der Waals surface area (Å²) >= 11 is 1.17. The van der Waals surface area contributed by atoms with Gasteiger partial charge in [-0.05, 0) is 43.7 Å². The molecule has 2 aromatic carbocycles. The van der Waals surface area contributed by atoms with Crippen LogP contribution >= 0.6 is 11.3 Å². The fraction of sp³-hybridized carbons (Fsp3) is 0.200. The van der Waals surface area contributed by atoms with E-state index in [0.717, 1.165) is 16.0 Å². The number of carbonyl (C=O) groups is 2. The molecule has 2 heterocycles. The number of benzene rings is 2. The zero-order valence-electron chi connectivity index (χ0n) is 18.7. The van der Waals surface area contributed by atoms with Crippen LogP contribution in [0, 0.1) is 0 Å². The lowest BCUT2D eigenvalue weighted by Gasteiger charge is -2.10.